The molecule has 2 heterocycles. The first kappa shape index (κ1) is 22.4. The second-order valence-corrected chi connectivity index (χ2v) is 7.20. The average Bonchev–Trinajstić information content (AvgIpc) is 2.79. The van der Waals surface area contributed by atoms with E-state index in [2.05, 4.69) is 25.6 Å². The minimum Gasteiger partial charge on any atom is -0.491 e. The van der Waals surface area contributed by atoms with Crippen molar-refractivity contribution in [2.24, 2.45) is 0 Å². The molecule has 2 N–H and O–H groups in total. The van der Waals surface area contributed by atoms with Crippen molar-refractivity contribution in [3.63, 3.8) is 0 Å². The first-order chi connectivity index (χ1) is 15.0. The second-order valence-electron chi connectivity index (χ2n) is 6.77. The Labute approximate surface area is 185 Å². The number of methoxy groups -OCH3 is 1. The monoisotopic (exact) mass is 443 g/mol. The zero-order valence-electron chi connectivity index (χ0n) is 17.4. The van der Waals surface area contributed by atoms with Crippen LogP contribution >= 0.6 is 11.6 Å². The smallest absolute Gasteiger partial charge is 0.255 e. The van der Waals surface area contributed by atoms with E-state index in [-0.39, 0.29) is 29.2 Å². The topological polar surface area (TPSA) is 89.0 Å². The van der Waals surface area contributed by atoms with E-state index in [1.165, 1.54) is 37.7 Å². The molecule has 7 nitrogen and oxygen atoms in total. The van der Waals surface area contributed by atoms with Gasteiger partial charge in [-0.05, 0) is 37.1 Å². The van der Waals surface area contributed by atoms with E-state index < -0.39 is 5.82 Å². The number of amides is 1. The molecule has 0 spiro atoms. The molecular formula is C22H23ClFN5O2. The Bertz CT molecular complexity index is 1080. The molecule has 1 aromatic carbocycles. The Hall–Kier alpha value is -3.26. The van der Waals surface area contributed by atoms with Gasteiger partial charge in [-0.3, -0.25) is 9.78 Å². The van der Waals surface area contributed by atoms with Gasteiger partial charge in [-0.1, -0.05) is 25.4 Å². The average molecular weight is 444 g/mol. The van der Waals surface area contributed by atoms with E-state index in [4.69, 9.17) is 16.3 Å². The molecule has 1 amide bonds. The highest BCUT2D eigenvalue weighted by molar-refractivity contribution is 6.30. The number of carbonyl (C=O) groups excluding carboxylic acids is 1. The molecule has 2 aromatic heterocycles. The summed E-state index contributed by atoms with van der Waals surface area (Å²) in [5, 5.41) is 6.45. The van der Waals surface area contributed by atoms with Gasteiger partial charge in [-0.2, -0.15) is 0 Å². The molecule has 0 bridgehead atoms. The van der Waals surface area contributed by atoms with Crippen molar-refractivity contribution >= 4 is 29.0 Å². The fourth-order valence-corrected chi connectivity index (χ4v) is 3.15. The summed E-state index contributed by atoms with van der Waals surface area (Å²) >= 11 is 6.00. The highest BCUT2D eigenvalue weighted by Crippen LogP contribution is 2.30. The summed E-state index contributed by atoms with van der Waals surface area (Å²) in [6.07, 6.45) is 6.10. The van der Waals surface area contributed by atoms with Crippen molar-refractivity contribution in [1.29, 1.82) is 0 Å². The summed E-state index contributed by atoms with van der Waals surface area (Å²) < 4.78 is 19.6. The van der Waals surface area contributed by atoms with E-state index in [9.17, 15) is 9.18 Å². The number of pyridine rings is 1. The molecule has 0 aliphatic rings. The fraction of sp³-hybridized carbons (Fsp3) is 0.273. The molecule has 3 aromatic rings. The highest BCUT2D eigenvalue weighted by Gasteiger charge is 2.18. The van der Waals surface area contributed by atoms with Crippen LogP contribution in [0.5, 0.6) is 5.75 Å². The summed E-state index contributed by atoms with van der Waals surface area (Å²) in [6.45, 7) is 4.03. The van der Waals surface area contributed by atoms with E-state index in [1.54, 1.807) is 12.3 Å². The molecule has 3 rings (SSSR count). The number of nitrogens with zero attached hydrogens (tertiary/aromatic N) is 3. The van der Waals surface area contributed by atoms with Gasteiger partial charge in [-0.15, -0.1) is 0 Å². The van der Waals surface area contributed by atoms with Crippen LogP contribution in [0.1, 0.15) is 37.0 Å². The molecule has 0 aliphatic carbocycles. The summed E-state index contributed by atoms with van der Waals surface area (Å²) in [7, 11) is 1.47. The third kappa shape index (κ3) is 5.27. The molecule has 0 unspecified atom stereocenters. The lowest BCUT2D eigenvalue weighted by atomic mass is 10.1. The van der Waals surface area contributed by atoms with Crippen LogP contribution < -0.4 is 15.4 Å². The third-order valence-corrected chi connectivity index (χ3v) is 5.02. The number of hydrogen-bond donors (Lipinski definition) is 2. The molecule has 0 saturated heterocycles. The molecule has 0 fully saturated rings. The maximum Gasteiger partial charge on any atom is 0.255 e. The predicted octanol–water partition coefficient (Wildman–Crippen LogP) is 5.00. The van der Waals surface area contributed by atoms with Crippen molar-refractivity contribution in [2.45, 2.75) is 32.7 Å². The van der Waals surface area contributed by atoms with Crippen LogP contribution in [0.25, 0.3) is 11.4 Å². The number of benzene rings is 1. The Morgan fingerprint density at radius 1 is 1.23 bits per heavy atom. The van der Waals surface area contributed by atoms with Gasteiger partial charge >= 0.3 is 0 Å². The lowest BCUT2D eigenvalue weighted by Crippen LogP contribution is -2.34. The fourth-order valence-electron chi connectivity index (χ4n) is 2.98. The molecule has 0 saturated carbocycles. The number of rotatable bonds is 8. The van der Waals surface area contributed by atoms with E-state index >= 15 is 0 Å². The molecule has 0 aliphatic heterocycles. The summed E-state index contributed by atoms with van der Waals surface area (Å²) in [5.41, 5.74) is 0.984. The maximum atomic E-state index is 14.3. The van der Waals surface area contributed by atoms with E-state index in [0.717, 1.165) is 12.8 Å². The lowest BCUT2D eigenvalue weighted by Gasteiger charge is -2.17. The van der Waals surface area contributed by atoms with Gasteiger partial charge in [0.25, 0.3) is 5.91 Å². The highest BCUT2D eigenvalue weighted by atomic mass is 35.5. The number of halogens is 2. The standard InChI is InChI=1S/C22H23ClFN5O2/c1-4-14(5-2)27-22(30)16-11-25-9-8-18(16)28-21-19(31-3)12-26-20(29-21)15-10-13(23)6-7-17(15)24/h6-12,14H,4-5H2,1-3H3,(H,27,30)(H,25,26,28,29). The van der Waals surface area contributed by atoms with Crippen LogP contribution in [0, 0.1) is 5.82 Å². The first-order valence-electron chi connectivity index (χ1n) is 9.85. The van der Waals surface area contributed by atoms with Gasteiger partial charge in [0.2, 0.25) is 0 Å². The quantitative estimate of drug-likeness (QED) is 0.509. The van der Waals surface area contributed by atoms with Crippen LogP contribution in [-0.4, -0.2) is 34.0 Å². The predicted molar refractivity (Wildman–Crippen MR) is 118 cm³/mol. The van der Waals surface area contributed by atoms with Gasteiger partial charge in [0.15, 0.2) is 17.4 Å². The normalized spacial score (nSPS) is 10.8. The number of anilines is 2. The zero-order valence-corrected chi connectivity index (χ0v) is 18.2. The van der Waals surface area contributed by atoms with Crippen LogP contribution in [0.2, 0.25) is 5.02 Å². The summed E-state index contributed by atoms with van der Waals surface area (Å²) in [4.78, 5) is 25.4. The lowest BCUT2D eigenvalue weighted by molar-refractivity contribution is 0.0935. The van der Waals surface area contributed by atoms with Crippen molar-refractivity contribution in [3.05, 3.63) is 59.3 Å². The maximum absolute atomic E-state index is 14.3. The Balaban J connectivity index is 1.98. The van der Waals surface area contributed by atoms with Crippen LogP contribution in [0.15, 0.2) is 42.9 Å². The molecule has 0 atom stereocenters. The molecular weight excluding hydrogens is 421 g/mol. The summed E-state index contributed by atoms with van der Waals surface area (Å²) in [6, 6.07) is 5.87. The largest absolute Gasteiger partial charge is 0.491 e. The van der Waals surface area contributed by atoms with Crippen LogP contribution in [-0.2, 0) is 0 Å². The number of carbonyl (C=O) groups is 1. The molecule has 162 valence electrons. The first-order valence-corrected chi connectivity index (χ1v) is 10.2. The Morgan fingerprint density at radius 2 is 2.00 bits per heavy atom. The number of ether oxygens (including phenoxy) is 1. The van der Waals surface area contributed by atoms with E-state index in [0.29, 0.717) is 22.0 Å². The number of aromatic nitrogens is 3. The van der Waals surface area contributed by atoms with Gasteiger partial charge in [0.1, 0.15) is 5.82 Å². The van der Waals surface area contributed by atoms with Gasteiger partial charge < -0.3 is 15.4 Å². The Kier molecular flexibility index (Phi) is 7.36. The second kappa shape index (κ2) is 10.2. The minimum absolute atomic E-state index is 0.0616. The van der Waals surface area contributed by atoms with Crippen molar-refractivity contribution < 1.29 is 13.9 Å². The molecule has 0 radical (unpaired) electrons. The summed E-state index contributed by atoms with van der Waals surface area (Å²) in [5.74, 6) is -0.0301. The van der Waals surface area contributed by atoms with Crippen molar-refractivity contribution in [1.82, 2.24) is 20.3 Å². The number of nitrogens with one attached hydrogen (secondary N) is 2. The SMILES string of the molecule is CCC(CC)NC(=O)c1cnccc1Nc1nc(-c2cc(Cl)ccc2F)ncc1OC. The van der Waals surface area contributed by atoms with Crippen LogP contribution in [0.4, 0.5) is 15.9 Å². The minimum atomic E-state index is -0.505. The zero-order chi connectivity index (χ0) is 22.4. The number of hydrogen-bond acceptors (Lipinski definition) is 6. The van der Waals surface area contributed by atoms with Gasteiger partial charge in [0.05, 0.1) is 30.1 Å². The van der Waals surface area contributed by atoms with Crippen molar-refractivity contribution in [2.75, 3.05) is 12.4 Å². The third-order valence-electron chi connectivity index (χ3n) is 4.78. The molecule has 9 heteroatoms. The Morgan fingerprint density at radius 3 is 2.71 bits per heavy atom. The van der Waals surface area contributed by atoms with Crippen LogP contribution in [0.3, 0.4) is 0 Å². The van der Waals surface area contributed by atoms with Crippen molar-refractivity contribution in [3.8, 4) is 17.1 Å². The van der Waals surface area contributed by atoms with E-state index in [1.807, 2.05) is 13.8 Å². The van der Waals surface area contributed by atoms with Gasteiger partial charge in [0, 0.05) is 23.5 Å². The van der Waals surface area contributed by atoms with Gasteiger partial charge in [-0.25, -0.2) is 14.4 Å². The molecule has 31 heavy (non-hydrogen) atoms.